The van der Waals surface area contributed by atoms with Gasteiger partial charge >= 0.3 is 5.88 Å². The van der Waals surface area contributed by atoms with Crippen molar-refractivity contribution in [3.63, 3.8) is 0 Å². The quantitative estimate of drug-likeness (QED) is 0.314. The van der Waals surface area contributed by atoms with Crippen LogP contribution in [0.4, 0.5) is 11.6 Å². The molecule has 0 aliphatic rings. The van der Waals surface area contributed by atoms with Crippen molar-refractivity contribution in [3.8, 4) is 11.1 Å². The minimum Gasteiger partial charge on any atom is -0.400 e. The van der Waals surface area contributed by atoms with Crippen LogP contribution in [-0.4, -0.2) is 11.0 Å². The van der Waals surface area contributed by atoms with Gasteiger partial charge in [0.1, 0.15) is 16.1 Å². The molecule has 1 heterocycles. The molecule has 1 aromatic heterocycles. The van der Waals surface area contributed by atoms with Gasteiger partial charge in [-0.05, 0) is 12.1 Å². The number of rotatable bonds is 3. The van der Waals surface area contributed by atoms with Crippen molar-refractivity contribution in [1.29, 1.82) is 0 Å². The molecule has 0 radical (unpaired) electrons. The lowest BCUT2D eigenvalue weighted by Crippen LogP contribution is -1.88. The maximum Gasteiger partial charge on any atom is 0.442 e. The van der Waals surface area contributed by atoms with Crippen molar-refractivity contribution < 1.29 is 14.1 Å². The van der Waals surface area contributed by atoms with Gasteiger partial charge in [-0.2, -0.15) is 4.99 Å². The van der Waals surface area contributed by atoms with Crippen LogP contribution < -0.4 is 0 Å². The topological polar surface area (TPSA) is 85.7 Å². The zero-order chi connectivity index (χ0) is 14.8. The summed E-state index contributed by atoms with van der Waals surface area (Å²) in [6.07, 6.45) is 1.46. The number of para-hydroxylation sites is 2. The van der Waals surface area contributed by atoms with E-state index in [1.165, 1.54) is 6.08 Å². The predicted octanol–water partition coefficient (Wildman–Crippen LogP) is 3.98. The Hall–Kier alpha value is -3.24. The Kier molecular flexibility index (Phi) is 3.06. The molecule has 0 aliphatic heterocycles. The predicted molar refractivity (Wildman–Crippen MR) is 76.1 cm³/mol. The fraction of sp³-hybridized carbons (Fsp3) is 0. The van der Waals surface area contributed by atoms with Gasteiger partial charge in [0.15, 0.2) is 0 Å². The Morgan fingerprint density at radius 2 is 1.81 bits per heavy atom. The molecular weight excluding hydrogens is 272 g/mol. The first-order chi connectivity index (χ1) is 10.2. The summed E-state index contributed by atoms with van der Waals surface area (Å²) in [6, 6.07) is 13.5. The molecule has 0 unspecified atom stereocenters. The van der Waals surface area contributed by atoms with Crippen LogP contribution in [0.1, 0.15) is 0 Å². The summed E-state index contributed by atoms with van der Waals surface area (Å²) in [5.74, 6) is -0.371. The van der Waals surface area contributed by atoms with Gasteiger partial charge in [0.2, 0.25) is 6.08 Å². The van der Waals surface area contributed by atoms with E-state index >= 15 is 0 Å². The first-order valence-corrected chi connectivity index (χ1v) is 6.05. The molecule has 6 nitrogen and oxygen atoms in total. The van der Waals surface area contributed by atoms with Crippen LogP contribution in [0.15, 0.2) is 57.9 Å². The van der Waals surface area contributed by atoms with Crippen LogP contribution in [0.25, 0.3) is 22.1 Å². The van der Waals surface area contributed by atoms with Gasteiger partial charge in [0.25, 0.3) is 0 Å². The fourth-order valence-electron chi connectivity index (χ4n) is 2.25. The van der Waals surface area contributed by atoms with E-state index in [0.29, 0.717) is 27.8 Å². The molecule has 102 valence electrons. The molecule has 21 heavy (non-hydrogen) atoms. The molecule has 0 saturated carbocycles. The summed E-state index contributed by atoms with van der Waals surface area (Å²) in [6.45, 7) is 0. The summed E-state index contributed by atoms with van der Waals surface area (Å²) < 4.78 is 5.31. The average Bonchev–Trinajstić information content (AvgIpc) is 2.88. The summed E-state index contributed by atoms with van der Waals surface area (Å²) in [4.78, 5) is 24.8. The SMILES string of the molecule is O=C=Nc1ccccc1-c1c([N+](=O)[O-])oc2ccccc12. The van der Waals surface area contributed by atoms with Crippen molar-refractivity contribution >= 4 is 28.6 Å². The third-order valence-corrected chi connectivity index (χ3v) is 3.08. The molecule has 0 aliphatic carbocycles. The van der Waals surface area contributed by atoms with E-state index in [-0.39, 0.29) is 5.88 Å². The third-order valence-electron chi connectivity index (χ3n) is 3.08. The van der Waals surface area contributed by atoms with Gasteiger partial charge in [-0.3, -0.25) is 10.1 Å². The lowest BCUT2D eigenvalue weighted by Gasteiger charge is -2.01. The van der Waals surface area contributed by atoms with Gasteiger partial charge in [-0.1, -0.05) is 36.4 Å². The molecule has 2 aromatic carbocycles. The van der Waals surface area contributed by atoms with Gasteiger partial charge in [-0.15, -0.1) is 0 Å². The second-order valence-electron chi connectivity index (χ2n) is 4.26. The molecule has 3 rings (SSSR count). The van der Waals surface area contributed by atoms with Gasteiger partial charge in [-0.25, -0.2) is 4.79 Å². The molecule has 0 spiro atoms. The van der Waals surface area contributed by atoms with E-state index in [0.717, 1.165) is 0 Å². The number of nitro groups is 1. The number of hydrogen-bond donors (Lipinski definition) is 0. The van der Waals surface area contributed by atoms with Crippen molar-refractivity contribution in [3.05, 3.63) is 58.6 Å². The number of carbonyl (C=O) groups excluding carboxylic acids is 1. The number of aliphatic imine (C=N–C) groups is 1. The normalized spacial score (nSPS) is 10.3. The molecular formula is C15H8N2O4. The Bertz CT molecular complexity index is 892. The van der Waals surface area contributed by atoms with Crippen molar-refractivity contribution in [1.82, 2.24) is 0 Å². The summed E-state index contributed by atoms with van der Waals surface area (Å²) in [7, 11) is 0. The van der Waals surface area contributed by atoms with Gasteiger partial charge in [0, 0.05) is 10.9 Å². The Morgan fingerprint density at radius 3 is 2.57 bits per heavy atom. The third kappa shape index (κ3) is 2.09. The molecule has 6 heteroatoms. The average molecular weight is 280 g/mol. The summed E-state index contributed by atoms with van der Waals surface area (Å²) >= 11 is 0. The molecule has 0 bridgehead atoms. The molecule has 0 atom stereocenters. The van der Waals surface area contributed by atoms with Crippen LogP contribution in [-0.2, 0) is 4.79 Å². The van der Waals surface area contributed by atoms with Crippen molar-refractivity contribution in [2.24, 2.45) is 4.99 Å². The summed E-state index contributed by atoms with van der Waals surface area (Å²) in [5.41, 5.74) is 1.48. The number of furan rings is 1. The molecule has 0 saturated heterocycles. The van der Waals surface area contributed by atoms with Gasteiger partial charge in [0.05, 0.1) is 5.69 Å². The van der Waals surface area contributed by atoms with Crippen LogP contribution in [0, 0.1) is 10.1 Å². The number of benzene rings is 2. The molecule has 0 N–H and O–H groups in total. The van der Waals surface area contributed by atoms with E-state index in [9.17, 15) is 14.9 Å². The minimum absolute atomic E-state index is 0.308. The lowest BCUT2D eigenvalue weighted by atomic mass is 10.0. The minimum atomic E-state index is -0.587. The van der Waals surface area contributed by atoms with Crippen LogP contribution in [0.5, 0.6) is 0 Å². The maximum atomic E-state index is 11.2. The first-order valence-electron chi connectivity index (χ1n) is 6.05. The second-order valence-corrected chi connectivity index (χ2v) is 4.26. The van der Waals surface area contributed by atoms with E-state index in [2.05, 4.69) is 4.99 Å². The van der Waals surface area contributed by atoms with Crippen LogP contribution in [0.2, 0.25) is 0 Å². The Morgan fingerprint density at radius 1 is 1.10 bits per heavy atom. The highest BCUT2D eigenvalue weighted by Crippen LogP contribution is 2.43. The number of fused-ring (bicyclic) bond motifs is 1. The van der Waals surface area contributed by atoms with Crippen molar-refractivity contribution in [2.45, 2.75) is 0 Å². The first kappa shape index (κ1) is 12.8. The van der Waals surface area contributed by atoms with E-state index in [1.54, 1.807) is 48.5 Å². The molecule has 0 fully saturated rings. The number of isocyanates is 1. The number of hydrogen-bond acceptors (Lipinski definition) is 5. The second kappa shape index (κ2) is 5.03. The Balaban J connectivity index is 2.41. The lowest BCUT2D eigenvalue weighted by molar-refractivity contribution is -0.400. The molecule has 3 aromatic rings. The molecule has 0 amide bonds. The zero-order valence-electron chi connectivity index (χ0n) is 10.6. The monoisotopic (exact) mass is 280 g/mol. The number of nitrogens with zero attached hydrogens (tertiary/aromatic N) is 2. The van der Waals surface area contributed by atoms with Crippen LogP contribution in [0.3, 0.4) is 0 Å². The van der Waals surface area contributed by atoms with Crippen LogP contribution >= 0.6 is 0 Å². The largest absolute Gasteiger partial charge is 0.442 e. The highest BCUT2D eigenvalue weighted by Gasteiger charge is 2.26. The van der Waals surface area contributed by atoms with E-state index in [1.807, 2.05) is 0 Å². The van der Waals surface area contributed by atoms with Gasteiger partial charge < -0.3 is 4.42 Å². The Labute approximate surface area is 118 Å². The standard InChI is InChI=1S/C15H8N2O4/c18-9-16-12-7-3-1-5-10(12)14-11-6-2-4-8-13(11)21-15(14)17(19)20/h1-8H. The highest BCUT2D eigenvalue weighted by atomic mass is 16.6. The van der Waals surface area contributed by atoms with Crippen molar-refractivity contribution in [2.75, 3.05) is 0 Å². The summed E-state index contributed by atoms with van der Waals surface area (Å²) in [5, 5.41) is 11.8. The highest BCUT2D eigenvalue weighted by molar-refractivity contribution is 6.01. The fourth-order valence-corrected chi connectivity index (χ4v) is 2.25. The van der Waals surface area contributed by atoms with E-state index in [4.69, 9.17) is 4.42 Å². The maximum absolute atomic E-state index is 11.2. The zero-order valence-corrected chi connectivity index (χ0v) is 10.6. The smallest absolute Gasteiger partial charge is 0.400 e. The van der Waals surface area contributed by atoms with E-state index < -0.39 is 4.92 Å².